The lowest BCUT2D eigenvalue weighted by Gasteiger charge is -2.06. The molecule has 1 aliphatic heterocycles. The first-order valence-electron chi connectivity index (χ1n) is 5.16. The molecule has 84 valence electrons. The number of benzene rings is 1. The van der Waals surface area contributed by atoms with Gasteiger partial charge in [0.15, 0.2) is 0 Å². The maximum Gasteiger partial charge on any atom is 0.347 e. The Morgan fingerprint density at radius 3 is 2.75 bits per heavy atom. The van der Waals surface area contributed by atoms with E-state index >= 15 is 0 Å². The van der Waals surface area contributed by atoms with Crippen molar-refractivity contribution in [1.29, 1.82) is 0 Å². The second-order valence-electron chi connectivity index (χ2n) is 3.90. The number of esters is 2. The first-order valence-corrected chi connectivity index (χ1v) is 5.16. The zero-order valence-electron chi connectivity index (χ0n) is 8.90. The summed E-state index contributed by atoms with van der Waals surface area (Å²) < 4.78 is 4.54. The Morgan fingerprint density at radius 2 is 2.06 bits per heavy atom. The van der Waals surface area contributed by atoms with Gasteiger partial charge in [0.05, 0.1) is 17.2 Å². The molecule has 1 unspecified atom stereocenters. The van der Waals surface area contributed by atoms with Crippen molar-refractivity contribution < 1.29 is 19.4 Å². The first-order chi connectivity index (χ1) is 7.59. The van der Waals surface area contributed by atoms with Crippen molar-refractivity contribution >= 4 is 11.9 Å². The third-order valence-electron chi connectivity index (χ3n) is 2.59. The molecule has 16 heavy (non-hydrogen) atoms. The molecule has 2 rings (SSSR count). The van der Waals surface area contributed by atoms with E-state index in [1.165, 1.54) is 0 Å². The Kier molecular flexibility index (Phi) is 2.75. The molecule has 4 nitrogen and oxygen atoms in total. The lowest BCUT2D eigenvalue weighted by atomic mass is 9.98. The van der Waals surface area contributed by atoms with Gasteiger partial charge < -0.3 is 9.84 Å². The molecular weight excluding hydrogens is 208 g/mol. The fraction of sp³-hybridized carbons (Fsp3) is 0.333. The van der Waals surface area contributed by atoms with E-state index in [1.54, 1.807) is 25.1 Å². The zero-order chi connectivity index (χ0) is 11.7. The van der Waals surface area contributed by atoms with Gasteiger partial charge in [0.2, 0.25) is 0 Å². The SMILES string of the molecule is CC(O)CCc1cccc2c1C(=O)OC2=O. The molecule has 4 heteroatoms. The van der Waals surface area contributed by atoms with E-state index in [9.17, 15) is 14.7 Å². The number of aliphatic hydroxyl groups is 1. The van der Waals surface area contributed by atoms with Crippen LogP contribution in [0.1, 0.15) is 39.6 Å². The fourth-order valence-corrected chi connectivity index (χ4v) is 1.77. The minimum Gasteiger partial charge on any atom is -0.393 e. The highest BCUT2D eigenvalue weighted by Gasteiger charge is 2.31. The molecule has 0 amide bonds. The van der Waals surface area contributed by atoms with Crippen LogP contribution in [0.3, 0.4) is 0 Å². The highest BCUT2D eigenvalue weighted by Crippen LogP contribution is 2.24. The molecule has 1 atom stereocenters. The average Bonchev–Trinajstić information content (AvgIpc) is 2.52. The number of fused-ring (bicyclic) bond motifs is 1. The molecular formula is C12H12O4. The summed E-state index contributed by atoms with van der Waals surface area (Å²) in [5.41, 5.74) is 1.44. The Hall–Kier alpha value is -1.68. The zero-order valence-corrected chi connectivity index (χ0v) is 8.90. The van der Waals surface area contributed by atoms with E-state index in [1.807, 2.05) is 0 Å². The summed E-state index contributed by atoms with van der Waals surface area (Å²) in [6.07, 6.45) is 0.685. The maximum atomic E-state index is 11.4. The summed E-state index contributed by atoms with van der Waals surface area (Å²) in [5.74, 6) is -1.17. The first kappa shape index (κ1) is 10.8. The Labute approximate surface area is 92.8 Å². The molecule has 0 aromatic heterocycles. The number of rotatable bonds is 3. The van der Waals surface area contributed by atoms with Gasteiger partial charge in [-0.15, -0.1) is 0 Å². The third-order valence-corrected chi connectivity index (χ3v) is 2.59. The van der Waals surface area contributed by atoms with Gasteiger partial charge in [0.1, 0.15) is 0 Å². The Morgan fingerprint density at radius 1 is 1.31 bits per heavy atom. The normalized spacial score (nSPS) is 15.9. The standard InChI is InChI=1S/C12H12O4/c1-7(13)5-6-8-3-2-4-9-10(8)12(15)16-11(9)14/h2-4,7,13H,5-6H2,1H3. The van der Waals surface area contributed by atoms with E-state index < -0.39 is 18.0 Å². The van der Waals surface area contributed by atoms with Gasteiger partial charge in [-0.25, -0.2) is 9.59 Å². The van der Waals surface area contributed by atoms with Crippen LogP contribution in [-0.4, -0.2) is 23.1 Å². The fourth-order valence-electron chi connectivity index (χ4n) is 1.77. The van der Waals surface area contributed by atoms with Crippen LogP contribution in [0.4, 0.5) is 0 Å². The molecule has 0 spiro atoms. The summed E-state index contributed by atoms with van der Waals surface area (Å²) in [6.45, 7) is 1.69. The maximum absolute atomic E-state index is 11.4. The quantitative estimate of drug-likeness (QED) is 0.616. The van der Waals surface area contributed by atoms with Gasteiger partial charge in [0.25, 0.3) is 0 Å². The summed E-state index contributed by atoms with van der Waals surface area (Å²) in [4.78, 5) is 22.7. The summed E-state index contributed by atoms with van der Waals surface area (Å²) >= 11 is 0. The summed E-state index contributed by atoms with van der Waals surface area (Å²) in [6, 6.07) is 5.07. The topological polar surface area (TPSA) is 63.6 Å². The number of aryl methyl sites for hydroxylation is 1. The number of carbonyl (C=O) groups excluding carboxylic acids is 2. The molecule has 0 saturated carbocycles. The smallest absolute Gasteiger partial charge is 0.347 e. The van der Waals surface area contributed by atoms with Gasteiger partial charge >= 0.3 is 11.9 Å². The van der Waals surface area contributed by atoms with E-state index in [-0.39, 0.29) is 0 Å². The highest BCUT2D eigenvalue weighted by molar-refractivity contribution is 6.15. The molecule has 0 saturated heterocycles. The van der Waals surface area contributed by atoms with Crippen molar-refractivity contribution in [1.82, 2.24) is 0 Å². The van der Waals surface area contributed by atoms with Gasteiger partial charge in [-0.2, -0.15) is 0 Å². The van der Waals surface area contributed by atoms with Crippen molar-refractivity contribution in [2.75, 3.05) is 0 Å². The molecule has 0 aliphatic carbocycles. The second-order valence-corrected chi connectivity index (χ2v) is 3.90. The highest BCUT2D eigenvalue weighted by atomic mass is 16.6. The van der Waals surface area contributed by atoms with Crippen molar-refractivity contribution in [3.05, 3.63) is 34.9 Å². The van der Waals surface area contributed by atoms with Crippen LogP contribution >= 0.6 is 0 Å². The van der Waals surface area contributed by atoms with Gasteiger partial charge in [-0.1, -0.05) is 12.1 Å². The van der Waals surface area contributed by atoms with Crippen molar-refractivity contribution in [2.24, 2.45) is 0 Å². The average molecular weight is 220 g/mol. The van der Waals surface area contributed by atoms with E-state index in [0.717, 1.165) is 5.56 Å². The van der Waals surface area contributed by atoms with Crippen LogP contribution < -0.4 is 0 Å². The minimum absolute atomic E-state index is 0.327. The van der Waals surface area contributed by atoms with Crippen LogP contribution in [0, 0.1) is 0 Å². The molecule has 0 fully saturated rings. The van der Waals surface area contributed by atoms with E-state index in [0.29, 0.717) is 24.0 Å². The van der Waals surface area contributed by atoms with Crippen LogP contribution in [0.25, 0.3) is 0 Å². The summed E-state index contributed by atoms with van der Waals surface area (Å²) in [5, 5.41) is 9.20. The van der Waals surface area contributed by atoms with E-state index in [2.05, 4.69) is 4.74 Å². The second kappa shape index (κ2) is 4.06. The largest absolute Gasteiger partial charge is 0.393 e. The Balaban J connectivity index is 2.34. The van der Waals surface area contributed by atoms with Crippen LogP contribution in [0.2, 0.25) is 0 Å². The Bertz CT molecular complexity index is 448. The van der Waals surface area contributed by atoms with Crippen LogP contribution in [-0.2, 0) is 11.2 Å². The molecule has 1 N–H and O–H groups in total. The molecule has 1 aromatic rings. The molecule has 0 bridgehead atoms. The predicted molar refractivity (Wildman–Crippen MR) is 56.2 cm³/mol. The molecule has 1 aliphatic rings. The number of carbonyl (C=O) groups is 2. The number of aliphatic hydroxyl groups excluding tert-OH is 1. The van der Waals surface area contributed by atoms with Gasteiger partial charge in [0, 0.05) is 0 Å². The monoisotopic (exact) mass is 220 g/mol. The lowest BCUT2D eigenvalue weighted by molar-refractivity contribution is 0.0443. The predicted octanol–water partition coefficient (Wildman–Crippen LogP) is 1.31. The minimum atomic E-state index is -0.584. The summed E-state index contributed by atoms with van der Waals surface area (Å²) in [7, 11) is 0. The van der Waals surface area contributed by atoms with Crippen molar-refractivity contribution in [2.45, 2.75) is 25.9 Å². The third kappa shape index (κ3) is 1.84. The number of hydrogen-bond donors (Lipinski definition) is 1. The van der Waals surface area contributed by atoms with Crippen LogP contribution in [0.5, 0.6) is 0 Å². The molecule has 0 radical (unpaired) electrons. The number of ether oxygens (including phenoxy) is 1. The van der Waals surface area contributed by atoms with Gasteiger partial charge in [-0.3, -0.25) is 0 Å². The van der Waals surface area contributed by atoms with Crippen molar-refractivity contribution in [3.63, 3.8) is 0 Å². The van der Waals surface area contributed by atoms with Gasteiger partial charge in [-0.05, 0) is 31.4 Å². The van der Waals surface area contributed by atoms with Crippen LogP contribution in [0.15, 0.2) is 18.2 Å². The van der Waals surface area contributed by atoms with E-state index in [4.69, 9.17) is 0 Å². The lowest BCUT2D eigenvalue weighted by Crippen LogP contribution is -2.05. The molecule has 1 heterocycles. The number of cyclic esters (lactones) is 2. The molecule has 1 aromatic carbocycles. The number of hydrogen-bond acceptors (Lipinski definition) is 4. The van der Waals surface area contributed by atoms with Crippen molar-refractivity contribution in [3.8, 4) is 0 Å².